The molecule has 92 valence electrons. The second-order valence-corrected chi connectivity index (χ2v) is 3.22. The average Bonchev–Trinajstić information content (AvgIpc) is 2.15. The molecule has 0 atom stereocenters. The third kappa shape index (κ3) is 4.23. The maximum Gasteiger partial charge on any atom is 0.417 e. The molecular formula is C8H6F3N3O2S. The third-order valence-corrected chi connectivity index (χ3v) is 1.76. The zero-order chi connectivity index (χ0) is 13.1. The van der Waals surface area contributed by atoms with Gasteiger partial charge >= 0.3 is 12.3 Å². The van der Waals surface area contributed by atoms with Crippen LogP contribution in [0.5, 0.6) is 0 Å². The van der Waals surface area contributed by atoms with Gasteiger partial charge in [-0.1, -0.05) is 0 Å². The zero-order valence-electron chi connectivity index (χ0n) is 8.08. The van der Waals surface area contributed by atoms with Gasteiger partial charge in [-0.05, 0) is 24.4 Å². The molecule has 17 heavy (non-hydrogen) atoms. The topological polar surface area (TPSA) is 74.2 Å². The number of anilines is 1. The summed E-state index contributed by atoms with van der Waals surface area (Å²) in [6, 6.07) is 1.84. The average molecular weight is 265 g/mol. The summed E-state index contributed by atoms with van der Waals surface area (Å²) in [5.41, 5.74) is -0.903. The fourth-order valence-electron chi connectivity index (χ4n) is 0.880. The Morgan fingerprint density at radius 1 is 1.41 bits per heavy atom. The number of halogens is 3. The monoisotopic (exact) mass is 265 g/mol. The van der Waals surface area contributed by atoms with Crippen molar-refractivity contribution in [2.75, 3.05) is 5.32 Å². The summed E-state index contributed by atoms with van der Waals surface area (Å²) in [5, 5.41) is 12.2. The lowest BCUT2D eigenvalue weighted by molar-refractivity contribution is -0.137. The van der Waals surface area contributed by atoms with Crippen molar-refractivity contribution in [1.29, 1.82) is 0 Å². The molecule has 5 nitrogen and oxygen atoms in total. The van der Waals surface area contributed by atoms with E-state index < -0.39 is 17.8 Å². The summed E-state index contributed by atoms with van der Waals surface area (Å²) in [5.74, 6) is 0.0109. The van der Waals surface area contributed by atoms with E-state index in [1.54, 1.807) is 0 Å². The van der Waals surface area contributed by atoms with Gasteiger partial charge in [0.05, 0.1) is 5.56 Å². The van der Waals surface area contributed by atoms with Crippen LogP contribution in [0, 0.1) is 0 Å². The number of hydrogen-bond donors (Lipinski definition) is 3. The van der Waals surface area contributed by atoms with Crippen LogP contribution in [0.25, 0.3) is 0 Å². The van der Waals surface area contributed by atoms with E-state index in [-0.39, 0.29) is 10.9 Å². The highest BCUT2D eigenvalue weighted by atomic mass is 32.1. The first kappa shape index (κ1) is 13.2. The Labute approximate surface area is 98.7 Å². The maximum absolute atomic E-state index is 12.2. The van der Waals surface area contributed by atoms with Crippen LogP contribution in [0.1, 0.15) is 5.56 Å². The summed E-state index contributed by atoms with van der Waals surface area (Å²) in [7, 11) is 0. The Bertz CT molecular complexity index is 433. The van der Waals surface area contributed by atoms with E-state index in [9.17, 15) is 18.0 Å². The van der Waals surface area contributed by atoms with Crippen LogP contribution in [-0.2, 0) is 6.18 Å². The van der Waals surface area contributed by atoms with Gasteiger partial charge in [-0.25, -0.2) is 9.78 Å². The minimum Gasteiger partial charge on any atom is -0.465 e. The number of thiocarbonyl (C=S) groups is 1. The van der Waals surface area contributed by atoms with E-state index in [0.29, 0.717) is 6.20 Å². The second-order valence-electron chi connectivity index (χ2n) is 2.81. The van der Waals surface area contributed by atoms with Crippen molar-refractivity contribution >= 4 is 29.2 Å². The molecule has 0 aliphatic heterocycles. The van der Waals surface area contributed by atoms with E-state index in [1.807, 2.05) is 5.32 Å². The van der Waals surface area contributed by atoms with Crippen LogP contribution in [0.4, 0.5) is 23.8 Å². The van der Waals surface area contributed by atoms with E-state index in [1.165, 1.54) is 0 Å². The number of carboxylic acid groups (broad SMARTS) is 1. The van der Waals surface area contributed by atoms with Crippen LogP contribution < -0.4 is 10.6 Å². The van der Waals surface area contributed by atoms with Gasteiger partial charge in [-0.3, -0.25) is 5.32 Å². The van der Waals surface area contributed by atoms with Crippen LogP contribution in [-0.4, -0.2) is 21.3 Å². The molecule has 0 fully saturated rings. The number of carbonyl (C=O) groups is 1. The summed E-state index contributed by atoms with van der Waals surface area (Å²) >= 11 is 4.55. The number of rotatable bonds is 1. The molecule has 0 saturated carbocycles. The molecule has 9 heteroatoms. The lowest BCUT2D eigenvalue weighted by atomic mass is 10.3. The highest BCUT2D eigenvalue weighted by Gasteiger charge is 2.30. The Hall–Kier alpha value is -1.90. The van der Waals surface area contributed by atoms with Crippen LogP contribution in [0.2, 0.25) is 0 Å². The van der Waals surface area contributed by atoms with Gasteiger partial charge in [-0.15, -0.1) is 0 Å². The number of aromatic nitrogens is 1. The van der Waals surface area contributed by atoms with Gasteiger partial charge < -0.3 is 10.4 Å². The molecule has 1 aromatic rings. The molecular weight excluding hydrogens is 259 g/mol. The quantitative estimate of drug-likeness (QED) is 0.678. The number of alkyl halides is 3. The number of hydrogen-bond acceptors (Lipinski definition) is 3. The first-order valence-electron chi connectivity index (χ1n) is 4.13. The van der Waals surface area contributed by atoms with Gasteiger partial charge in [0.1, 0.15) is 5.82 Å². The molecule has 0 aromatic carbocycles. The van der Waals surface area contributed by atoms with Crippen molar-refractivity contribution in [3.63, 3.8) is 0 Å². The predicted octanol–water partition coefficient (Wildman–Crippen LogP) is 2.06. The van der Waals surface area contributed by atoms with Gasteiger partial charge in [0, 0.05) is 6.20 Å². The van der Waals surface area contributed by atoms with Gasteiger partial charge in [0.25, 0.3) is 0 Å². The molecule has 0 aliphatic rings. The van der Waals surface area contributed by atoms with Crippen molar-refractivity contribution in [1.82, 2.24) is 10.3 Å². The highest BCUT2D eigenvalue weighted by molar-refractivity contribution is 7.80. The Kier molecular flexibility index (Phi) is 3.84. The Morgan fingerprint density at radius 2 is 2.06 bits per heavy atom. The largest absolute Gasteiger partial charge is 0.465 e. The van der Waals surface area contributed by atoms with Crippen molar-refractivity contribution in [2.24, 2.45) is 0 Å². The van der Waals surface area contributed by atoms with Gasteiger partial charge in [0.15, 0.2) is 5.11 Å². The number of amides is 1. The van der Waals surface area contributed by atoms with Crippen molar-refractivity contribution in [3.05, 3.63) is 23.9 Å². The normalized spacial score (nSPS) is 10.8. The molecule has 1 amide bonds. The molecule has 3 N–H and O–H groups in total. The summed E-state index contributed by atoms with van der Waals surface area (Å²) < 4.78 is 36.5. The fourth-order valence-corrected chi connectivity index (χ4v) is 1.07. The molecule has 0 saturated heterocycles. The lowest BCUT2D eigenvalue weighted by Gasteiger charge is -2.08. The van der Waals surface area contributed by atoms with E-state index >= 15 is 0 Å². The standard InChI is InChI=1S/C8H6F3N3O2S/c9-8(10,11)4-1-2-5(12-3-4)13-6(17)14-7(15)16/h1-3H,(H,15,16)(H2,12,13,14,17). The molecule has 0 aliphatic carbocycles. The molecule has 1 aromatic heterocycles. The van der Waals surface area contributed by atoms with Crippen molar-refractivity contribution < 1.29 is 23.1 Å². The lowest BCUT2D eigenvalue weighted by Crippen LogP contribution is -2.32. The smallest absolute Gasteiger partial charge is 0.417 e. The minimum atomic E-state index is -4.47. The Balaban J connectivity index is 2.69. The van der Waals surface area contributed by atoms with Crippen molar-refractivity contribution in [2.45, 2.75) is 6.18 Å². The van der Waals surface area contributed by atoms with Gasteiger partial charge in [0.2, 0.25) is 0 Å². The molecule has 0 radical (unpaired) electrons. The van der Waals surface area contributed by atoms with Crippen molar-refractivity contribution in [3.8, 4) is 0 Å². The predicted molar refractivity (Wildman–Crippen MR) is 56.6 cm³/mol. The first-order chi connectivity index (χ1) is 7.79. The Morgan fingerprint density at radius 3 is 2.47 bits per heavy atom. The first-order valence-corrected chi connectivity index (χ1v) is 4.54. The summed E-state index contributed by atoms with van der Waals surface area (Å²) in [6.45, 7) is 0. The SMILES string of the molecule is O=C(O)NC(=S)Nc1ccc(C(F)(F)F)cn1. The second kappa shape index (κ2) is 4.95. The highest BCUT2D eigenvalue weighted by Crippen LogP contribution is 2.28. The number of nitrogens with zero attached hydrogens (tertiary/aromatic N) is 1. The third-order valence-electron chi connectivity index (χ3n) is 1.55. The molecule has 1 rings (SSSR count). The number of pyridine rings is 1. The molecule has 0 unspecified atom stereocenters. The summed E-state index contributed by atoms with van der Waals surface area (Å²) in [4.78, 5) is 13.6. The number of nitrogens with one attached hydrogen (secondary N) is 2. The maximum atomic E-state index is 12.2. The fraction of sp³-hybridized carbons (Fsp3) is 0.125. The molecule has 0 spiro atoms. The molecule has 0 bridgehead atoms. The molecule has 1 heterocycles. The van der Waals surface area contributed by atoms with E-state index in [2.05, 4.69) is 22.5 Å². The van der Waals surface area contributed by atoms with Crippen LogP contribution >= 0.6 is 12.2 Å². The van der Waals surface area contributed by atoms with E-state index in [4.69, 9.17) is 5.11 Å². The minimum absolute atomic E-state index is 0.0109. The van der Waals surface area contributed by atoms with Crippen LogP contribution in [0.15, 0.2) is 18.3 Å². The van der Waals surface area contributed by atoms with E-state index in [0.717, 1.165) is 12.1 Å². The summed E-state index contributed by atoms with van der Waals surface area (Å²) in [6.07, 6.45) is -5.23. The van der Waals surface area contributed by atoms with Crippen LogP contribution in [0.3, 0.4) is 0 Å². The zero-order valence-corrected chi connectivity index (χ0v) is 8.89. The van der Waals surface area contributed by atoms with Gasteiger partial charge in [-0.2, -0.15) is 13.2 Å².